The molecule has 1 heterocycles. The van der Waals surface area contributed by atoms with Crippen molar-refractivity contribution in [3.05, 3.63) is 0 Å². The molecule has 94 valence electrons. The highest BCUT2D eigenvalue weighted by Crippen LogP contribution is 2.47. The first-order valence-corrected chi connectivity index (χ1v) is 8.05. The highest BCUT2D eigenvalue weighted by Gasteiger charge is 2.51. The van der Waals surface area contributed by atoms with E-state index in [1.807, 2.05) is 6.92 Å². The highest BCUT2D eigenvalue weighted by molar-refractivity contribution is 7.92. The van der Waals surface area contributed by atoms with Crippen LogP contribution in [0.15, 0.2) is 0 Å². The molecule has 2 fully saturated rings. The Morgan fingerprint density at radius 1 is 1.31 bits per heavy atom. The lowest BCUT2D eigenvalue weighted by Gasteiger charge is -2.39. The second-order valence-electron chi connectivity index (χ2n) is 5.51. The van der Waals surface area contributed by atoms with E-state index in [-0.39, 0.29) is 29.6 Å². The Morgan fingerprint density at radius 2 is 2.00 bits per heavy atom. The maximum absolute atomic E-state index is 12.0. The van der Waals surface area contributed by atoms with E-state index in [1.54, 1.807) is 0 Å². The molecule has 0 amide bonds. The molecule has 0 aromatic heterocycles. The summed E-state index contributed by atoms with van der Waals surface area (Å²) < 4.78 is 24.0. The minimum atomic E-state index is -2.88. The molecule has 0 spiro atoms. The molecule has 1 aliphatic heterocycles. The Morgan fingerprint density at radius 3 is 2.56 bits per heavy atom. The van der Waals surface area contributed by atoms with E-state index >= 15 is 0 Å². The predicted molar refractivity (Wildman–Crippen MR) is 63.8 cm³/mol. The monoisotopic (exact) mass is 246 g/mol. The summed E-state index contributed by atoms with van der Waals surface area (Å²) in [5, 5.41) is 9.37. The third-order valence-corrected chi connectivity index (χ3v) is 7.16. The second-order valence-corrected chi connectivity index (χ2v) is 7.78. The number of hydrogen-bond donors (Lipinski definition) is 1. The highest BCUT2D eigenvalue weighted by atomic mass is 32.2. The summed E-state index contributed by atoms with van der Waals surface area (Å²) in [5.74, 6) is 1.48. The summed E-state index contributed by atoms with van der Waals surface area (Å²) in [6, 6.07) is 0. The Kier molecular flexibility index (Phi) is 3.32. The van der Waals surface area contributed by atoms with Crippen LogP contribution in [0.1, 0.15) is 33.1 Å². The fourth-order valence-electron chi connectivity index (χ4n) is 3.96. The Labute approximate surface area is 98.2 Å². The molecule has 0 unspecified atom stereocenters. The van der Waals surface area contributed by atoms with Gasteiger partial charge in [-0.1, -0.05) is 20.3 Å². The van der Waals surface area contributed by atoms with Crippen molar-refractivity contribution in [2.75, 3.05) is 12.4 Å². The van der Waals surface area contributed by atoms with Gasteiger partial charge in [0.15, 0.2) is 9.84 Å². The lowest BCUT2D eigenvalue weighted by atomic mass is 9.67. The summed E-state index contributed by atoms with van der Waals surface area (Å²) in [6.45, 7) is 4.32. The van der Waals surface area contributed by atoms with Crippen molar-refractivity contribution < 1.29 is 13.5 Å². The number of aliphatic hydroxyl groups is 1. The Balaban J connectivity index is 2.29. The van der Waals surface area contributed by atoms with Gasteiger partial charge in [-0.2, -0.15) is 0 Å². The SMILES string of the molecule is CC[C@@H]1CC[C@@H]2[C@H]([C@H]1CO)[C@@H](C)CS2(=O)=O. The van der Waals surface area contributed by atoms with Crippen molar-refractivity contribution in [3.63, 3.8) is 0 Å². The van der Waals surface area contributed by atoms with Gasteiger partial charge in [0.1, 0.15) is 0 Å². The van der Waals surface area contributed by atoms with E-state index in [0.29, 0.717) is 11.7 Å². The van der Waals surface area contributed by atoms with Gasteiger partial charge < -0.3 is 5.11 Å². The van der Waals surface area contributed by atoms with Gasteiger partial charge in [0.25, 0.3) is 0 Å². The van der Waals surface area contributed by atoms with E-state index in [0.717, 1.165) is 19.3 Å². The van der Waals surface area contributed by atoms with Gasteiger partial charge in [0.2, 0.25) is 0 Å². The van der Waals surface area contributed by atoms with Crippen molar-refractivity contribution in [3.8, 4) is 0 Å². The van der Waals surface area contributed by atoms with Gasteiger partial charge in [-0.05, 0) is 36.5 Å². The maximum Gasteiger partial charge on any atom is 0.153 e. The molecule has 0 aromatic carbocycles. The van der Waals surface area contributed by atoms with Crippen LogP contribution in [0.5, 0.6) is 0 Å². The molecule has 0 radical (unpaired) electrons. The summed E-state index contributed by atoms with van der Waals surface area (Å²) in [5.41, 5.74) is 0. The van der Waals surface area contributed by atoms with Crippen LogP contribution in [0.25, 0.3) is 0 Å². The van der Waals surface area contributed by atoms with Crippen LogP contribution in [0.4, 0.5) is 0 Å². The number of aliphatic hydroxyl groups excluding tert-OH is 1. The molecule has 2 rings (SSSR count). The van der Waals surface area contributed by atoms with E-state index in [4.69, 9.17) is 0 Å². The number of sulfone groups is 1. The molecule has 5 atom stereocenters. The van der Waals surface area contributed by atoms with Crippen molar-refractivity contribution in [1.82, 2.24) is 0 Å². The van der Waals surface area contributed by atoms with Gasteiger partial charge in [0.05, 0.1) is 11.0 Å². The number of fused-ring (bicyclic) bond motifs is 1. The fraction of sp³-hybridized carbons (Fsp3) is 1.00. The maximum atomic E-state index is 12.0. The second kappa shape index (κ2) is 4.30. The zero-order chi connectivity index (χ0) is 11.9. The first-order chi connectivity index (χ1) is 7.51. The van der Waals surface area contributed by atoms with Gasteiger partial charge >= 0.3 is 0 Å². The van der Waals surface area contributed by atoms with Crippen LogP contribution in [0.3, 0.4) is 0 Å². The van der Waals surface area contributed by atoms with E-state index in [1.165, 1.54) is 0 Å². The van der Waals surface area contributed by atoms with Crippen LogP contribution >= 0.6 is 0 Å². The Hall–Kier alpha value is -0.0900. The minimum absolute atomic E-state index is 0.152. The topological polar surface area (TPSA) is 54.4 Å². The largest absolute Gasteiger partial charge is 0.396 e. The third kappa shape index (κ3) is 1.80. The lowest BCUT2D eigenvalue weighted by molar-refractivity contribution is 0.0647. The third-order valence-electron chi connectivity index (χ3n) is 4.70. The van der Waals surface area contributed by atoms with Crippen LogP contribution in [0, 0.1) is 23.7 Å². The van der Waals surface area contributed by atoms with Gasteiger partial charge in [-0.25, -0.2) is 8.42 Å². The first-order valence-electron chi connectivity index (χ1n) is 6.33. The Bertz CT molecular complexity index is 349. The van der Waals surface area contributed by atoms with Crippen LogP contribution < -0.4 is 0 Å². The summed E-state index contributed by atoms with van der Waals surface area (Å²) in [6.07, 6.45) is 2.84. The predicted octanol–water partition coefficient (Wildman–Crippen LogP) is 1.46. The van der Waals surface area contributed by atoms with E-state index < -0.39 is 9.84 Å². The molecule has 2 aliphatic rings. The zero-order valence-corrected chi connectivity index (χ0v) is 10.9. The zero-order valence-electron chi connectivity index (χ0n) is 10.1. The number of rotatable bonds is 2. The molecular formula is C12H22O3S. The lowest BCUT2D eigenvalue weighted by Crippen LogP contribution is -2.40. The molecule has 1 aliphatic carbocycles. The molecule has 0 bridgehead atoms. The van der Waals surface area contributed by atoms with Gasteiger partial charge in [-0.15, -0.1) is 0 Å². The first kappa shape index (κ1) is 12.4. The molecule has 16 heavy (non-hydrogen) atoms. The normalized spacial score (nSPS) is 46.6. The van der Waals surface area contributed by atoms with E-state index in [9.17, 15) is 13.5 Å². The minimum Gasteiger partial charge on any atom is -0.396 e. The van der Waals surface area contributed by atoms with Crippen molar-refractivity contribution in [2.24, 2.45) is 23.7 Å². The average molecular weight is 246 g/mol. The molecule has 1 saturated carbocycles. The van der Waals surface area contributed by atoms with Crippen LogP contribution in [-0.4, -0.2) is 31.1 Å². The van der Waals surface area contributed by atoms with Crippen LogP contribution in [-0.2, 0) is 9.84 Å². The van der Waals surface area contributed by atoms with E-state index in [2.05, 4.69) is 6.92 Å². The fourth-order valence-corrected chi connectivity index (χ4v) is 6.61. The molecular weight excluding hydrogens is 224 g/mol. The van der Waals surface area contributed by atoms with Crippen molar-refractivity contribution in [2.45, 2.75) is 38.4 Å². The molecule has 0 aromatic rings. The quantitative estimate of drug-likeness (QED) is 0.802. The number of hydrogen-bond acceptors (Lipinski definition) is 3. The summed E-state index contributed by atoms with van der Waals surface area (Å²) in [4.78, 5) is 0. The summed E-state index contributed by atoms with van der Waals surface area (Å²) >= 11 is 0. The van der Waals surface area contributed by atoms with Crippen LogP contribution in [0.2, 0.25) is 0 Å². The molecule has 1 saturated heterocycles. The average Bonchev–Trinajstić information content (AvgIpc) is 2.48. The van der Waals surface area contributed by atoms with Gasteiger partial charge in [-0.3, -0.25) is 0 Å². The molecule has 1 N–H and O–H groups in total. The summed E-state index contributed by atoms with van der Waals surface area (Å²) in [7, 11) is -2.88. The molecule has 4 heteroatoms. The molecule has 3 nitrogen and oxygen atoms in total. The standard InChI is InChI=1S/C12H22O3S/c1-3-9-4-5-11-12(10(9)6-13)8(2)7-16(11,14)15/h8-13H,3-7H2,1-2H3/t8-,9+,10-,11+,12-/m0/s1. The van der Waals surface area contributed by atoms with Crippen molar-refractivity contribution in [1.29, 1.82) is 0 Å². The van der Waals surface area contributed by atoms with Gasteiger partial charge in [0, 0.05) is 6.61 Å². The smallest absolute Gasteiger partial charge is 0.153 e. The van der Waals surface area contributed by atoms with Crippen molar-refractivity contribution >= 4 is 9.84 Å².